The maximum atomic E-state index is 5.07. The second-order valence-corrected chi connectivity index (χ2v) is 7.80. The minimum atomic E-state index is 0.281. The van der Waals surface area contributed by atoms with E-state index in [0.717, 1.165) is 12.0 Å². The number of nitrogens with zero attached hydrogens (tertiary/aromatic N) is 2. The Morgan fingerprint density at radius 2 is 2.16 bits per heavy atom. The molecule has 3 nitrogen and oxygen atoms in total. The van der Waals surface area contributed by atoms with Crippen molar-refractivity contribution in [1.82, 2.24) is 4.90 Å². The monoisotopic (exact) mass is 344 g/mol. The molecule has 0 radical (unpaired) electrons. The molecule has 25 heavy (non-hydrogen) atoms. The van der Waals surface area contributed by atoms with Gasteiger partial charge in [0.1, 0.15) is 6.61 Å². The molecule has 0 N–H and O–H groups in total. The molecule has 0 amide bonds. The van der Waals surface area contributed by atoms with Crippen molar-refractivity contribution in [2.75, 3.05) is 26.2 Å². The van der Waals surface area contributed by atoms with Gasteiger partial charge in [-0.2, -0.15) is 0 Å². The molecule has 1 aliphatic carbocycles. The standard InChI is InChI=1S/C22H36N2O/c1-5-7-8-9-14-24-15-13-22(4,19(3)18-24)21-12-10-11-20(16-21)17-23-25-6-2/h10-12,19H,5-9,13-16,18H2,1-4H3. The van der Waals surface area contributed by atoms with Gasteiger partial charge in [-0.1, -0.05) is 57.8 Å². The van der Waals surface area contributed by atoms with Gasteiger partial charge in [-0.05, 0) is 55.4 Å². The van der Waals surface area contributed by atoms with E-state index in [1.54, 1.807) is 0 Å². The van der Waals surface area contributed by atoms with Crippen LogP contribution in [0.15, 0.2) is 34.5 Å². The fraction of sp³-hybridized carbons (Fsp3) is 0.727. The van der Waals surface area contributed by atoms with Gasteiger partial charge in [0.15, 0.2) is 0 Å². The number of piperidine rings is 1. The molecule has 3 heteroatoms. The molecule has 0 aromatic rings. The molecular weight excluding hydrogens is 308 g/mol. The molecule has 1 heterocycles. The maximum Gasteiger partial charge on any atom is 0.115 e. The third-order valence-electron chi connectivity index (χ3n) is 5.99. The highest BCUT2D eigenvalue weighted by Crippen LogP contribution is 2.45. The number of allylic oxidation sites excluding steroid dienone is 5. The minimum absolute atomic E-state index is 0.281. The van der Waals surface area contributed by atoms with Crippen LogP contribution >= 0.6 is 0 Å². The predicted octanol–water partition coefficient (Wildman–Crippen LogP) is 5.35. The quantitative estimate of drug-likeness (QED) is 0.337. The summed E-state index contributed by atoms with van der Waals surface area (Å²) in [6.45, 7) is 13.4. The van der Waals surface area contributed by atoms with Gasteiger partial charge in [0.25, 0.3) is 0 Å². The first kappa shape index (κ1) is 20.0. The van der Waals surface area contributed by atoms with E-state index in [-0.39, 0.29) is 5.41 Å². The van der Waals surface area contributed by atoms with Crippen molar-refractivity contribution in [1.29, 1.82) is 0 Å². The second kappa shape index (κ2) is 9.99. The van der Waals surface area contributed by atoms with Crippen LogP contribution in [0.5, 0.6) is 0 Å². The lowest BCUT2D eigenvalue weighted by molar-refractivity contribution is 0.0807. The average molecular weight is 345 g/mol. The summed E-state index contributed by atoms with van der Waals surface area (Å²) in [7, 11) is 0. The molecule has 0 aromatic carbocycles. The largest absolute Gasteiger partial charge is 0.389 e. The Morgan fingerprint density at radius 3 is 2.88 bits per heavy atom. The van der Waals surface area contributed by atoms with Crippen LogP contribution in [0.2, 0.25) is 0 Å². The summed E-state index contributed by atoms with van der Waals surface area (Å²) in [5.41, 5.74) is 2.94. The van der Waals surface area contributed by atoms with Crippen LogP contribution < -0.4 is 0 Å². The lowest BCUT2D eigenvalue weighted by Gasteiger charge is -2.46. The van der Waals surface area contributed by atoms with Gasteiger partial charge in [-0.3, -0.25) is 0 Å². The van der Waals surface area contributed by atoms with E-state index < -0.39 is 0 Å². The first-order chi connectivity index (χ1) is 12.1. The molecule has 2 atom stereocenters. The molecule has 0 saturated carbocycles. The van der Waals surface area contributed by atoms with Crippen molar-refractivity contribution in [2.45, 2.75) is 66.2 Å². The Bertz CT molecular complexity index is 542. The SMILES string of the molecule is CCCCCCN1CCC(C)(C2=CC=CC(=C=NOCC)C2)C(C)C1. The van der Waals surface area contributed by atoms with E-state index in [1.165, 1.54) is 57.3 Å². The highest BCUT2D eigenvalue weighted by atomic mass is 16.6. The molecular formula is C22H36N2O. The number of rotatable bonds is 8. The fourth-order valence-corrected chi connectivity index (χ4v) is 3.99. The lowest BCUT2D eigenvalue weighted by atomic mass is 9.65. The van der Waals surface area contributed by atoms with Crippen molar-refractivity contribution in [3.63, 3.8) is 0 Å². The summed E-state index contributed by atoms with van der Waals surface area (Å²) >= 11 is 0. The Morgan fingerprint density at radius 1 is 1.32 bits per heavy atom. The van der Waals surface area contributed by atoms with E-state index in [9.17, 15) is 0 Å². The molecule has 0 bridgehead atoms. The summed E-state index contributed by atoms with van der Waals surface area (Å²) in [4.78, 5) is 7.74. The first-order valence-corrected chi connectivity index (χ1v) is 10.1. The first-order valence-electron chi connectivity index (χ1n) is 10.1. The Kier molecular flexibility index (Phi) is 7.99. The molecule has 0 spiro atoms. The molecule has 1 fully saturated rings. The zero-order valence-electron chi connectivity index (χ0n) is 16.7. The Labute approximate surface area is 154 Å². The molecule has 1 aliphatic heterocycles. The third kappa shape index (κ3) is 5.59. The summed E-state index contributed by atoms with van der Waals surface area (Å²) in [5.74, 6) is 3.73. The minimum Gasteiger partial charge on any atom is -0.389 e. The van der Waals surface area contributed by atoms with Crippen molar-refractivity contribution in [3.8, 4) is 0 Å². The van der Waals surface area contributed by atoms with Crippen LogP contribution in [-0.4, -0.2) is 37.0 Å². The molecule has 2 rings (SSSR count). The van der Waals surface area contributed by atoms with E-state index in [0.29, 0.717) is 12.5 Å². The van der Waals surface area contributed by atoms with Gasteiger partial charge < -0.3 is 9.74 Å². The Balaban J connectivity index is 1.94. The average Bonchev–Trinajstić information content (AvgIpc) is 2.62. The molecule has 140 valence electrons. The van der Waals surface area contributed by atoms with Crippen LogP contribution in [0.3, 0.4) is 0 Å². The fourth-order valence-electron chi connectivity index (χ4n) is 3.99. The highest BCUT2D eigenvalue weighted by Gasteiger charge is 2.39. The van der Waals surface area contributed by atoms with E-state index in [4.69, 9.17) is 4.84 Å². The van der Waals surface area contributed by atoms with Gasteiger partial charge in [-0.25, -0.2) is 0 Å². The van der Waals surface area contributed by atoms with Crippen molar-refractivity contribution in [2.24, 2.45) is 16.5 Å². The van der Waals surface area contributed by atoms with Crippen LogP contribution in [-0.2, 0) is 4.84 Å². The number of hydrogen-bond donors (Lipinski definition) is 0. The van der Waals surface area contributed by atoms with E-state index in [1.807, 2.05) is 6.92 Å². The van der Waals surface area contributed by atoms with Crippen LogP contribution in [0, 0.1) is 11.3 Å². The summed E-state index contributed by atoms with van der Waals surface area (Å²) in [5, 5.41) is 3.92. The lowest BCUT2D eigenvalue weighted by Crippen LogP contribution is -2.46. The number of hydrogen-bond acceptors (Lipinski definition) is 3. The molecule has 0 aromatic heterocycles. The normalized spacial score (nSPS) is 27.0. The summed E-state index contributed by atoms with van der Waals surface area (Å²) in [6, 6.07) is 0. The van der Waals surface area contributed by atoms with Gasteiger partial charge in [0, 0.05) is 24.4 Å². The van der Waals surface area contributed by atoms with Crippen molar-refractivity contribution in [3.05, 3.63) is 29.4 Å². The van der Waals surface area contributed by atoms with Crippen molar-refractivity contribution < 1.29 is 4.84 Å². The summed E-state index contributed by atoms with van der Waals surface area (Å²) in [6.07, 6.45) is 14.2. The van der Waals surface area contributed by atoms with Gasteiger partial charge >= 0.3 is 0 Å². The van der Waals surface area contributed by atoms with E-state index in [2.05, 4.69) is 54.9 Å². The van der Waals surface area contributed by atoms with Crippen molar-refractivity contribution >= 4 is 5.87 Å². The highest BCUT2D eigenvalue weighted by molar-refractivity contribution is 5.64. The number of unbranched alkanes of at least 4 members (excludes halogenated alkanes) is 3. The van der Waals surface area contributed by atoms with E-state index >= 15 is 0 Å². The third-order valence-corrected chi connectivity index (χ3v) is 5.99. The maximum absolute atomic E-state index is 5.07. The molecule has 2 unspecified atom stereocenters. The van der Waals surface area contributed by atoms with Gasteiger partial charge in [0.05, 0.1) is 0 Å². The summed E-state index contributed by atoms with van der Waals surface area (Å²) < 4.78 is 0. The second-order valence-electron chi connectivity index (χ2n) is 7.80. The van der Waals surface area contributed by atoms with Crippen LogP contribution in [0.25, 0.3) is 0 Å². The zero-order chi connectivity index (χ0) is 18.1. The molecule has 2 aliphatic rings. The smallest absolute Gasteiger partial charge is 0.115 e. The van der Waals surface area contributed by atoms with Crippen LogP contribution in [0.1, 0.15) is 66.2 Å². The predicted molar refractivity (Wildman–Crippen MR) is 107 cm³/mol. The topological polar surface area (TPSA) is 24.8 Å². The van der Waals surface area contributed by atoms with Gasteiger partial charge in [-0.15, -0.1) is 0 Å². The molecule has 1 saturated heterocycles. The zero-order valence-corrected chi connectivity index (χ0v) is 16.7. The number of likely N-dealkylation sites (tertiary alicyclic amines) is 1. The van der Waals surface area contributed by atoms with Gasteiger partial charge in [0.2, 0.25) is 0 Å². The Hall–Kier alpha value is -1.31. The van der Waals surface area contributed by atoms with Crippen LogP contribution in [0.4, 0.5) is 0 Å².